The van der Waals surface area contributed by atoms with Crippen LogP contribution in [0.5, 0.6) is 0 Å². The summed E-state index contributed by atoms with van der Waals surface area (Å²) in [7, 11) is 1.97. The van der Waals surface area contributed by atoms with E-state index in [2.05, 4.69) is 15.0 Å². The minimum absolute atomic E-state index is 0.497. The minimum atomic E-state index is 0.497. The maximum absolute atomic E-state index is 5.87. The summed E-state index contributed by atoms with van der Waals surface area (Å²) >= 11 is 5.87. The predicted molar refractivity (Wildman–Crippen MR) is 71.5 cm³/mol. The Bertz CT molecular complexity index is 733. The van der Waals surface area contributed by atoms with Crippen molar-refractivity contribution < 1.29 is 0 Å². The lowest BCUT2D eigenvalue weighted by Crippen LogP contribution is -1.96. The smallest absolute Gasteiger partial charge is 0.142 e. The van der Waals surface area contributed by atoms with Crippen molar-refractivity contribution >= 4 is 22.6 Å². The highest BCUT2D eigenvalue weighted by atomic mass is 35.5. The molecule has 0 aliphatic rings. The second kappa shape index (κ2) is 4.07. The molecule has 0 N–H and O–H groups in total. The van der Waals surface area contributed by atoms with Crippen LogP contribution in [-0.2, 0) is 7.05 Å². The van der Waals surface area contributed by atoms with Gasteiger partial charge in [0.2, 0.25) is 0 Å². The van der Waals surface area contributed by atoms with Crippen LogP contribution < -0.4 is 0 Å². The molecule has 3 aromatic rings. The molecule has 5 heteroatoms. The van der Waals surface area contributed by atoms with Gasteiger partial charge in [-0.3, -0.25) is 4.98 Å². The van der Waals surface area contributed by atoms with Gasteiger partial charge in [-0.25, -0.2) is 9.97 Å². The number of nitrogens with zero attached hydrogens (tertiary/aromatic N) is 4. The van der Waals surface area contributed by atoms with Gasteiger partial charge in [-0.2, -0.15) is 0 Å². The second-order valence-electron chi connectivity index (χ2n) is 4.13. The van der Waals surface area contributed by atoms with Gasteiger partial charge in [0.15, 0.2) is 0 Å². The first-order chi connectivity index (χ1) is 8.66. The third-order valence-corrected chi connectivity index (χ3v) is 3.19. The van der Waals surface area contributed by atoms with Crippen LogP contribution in [0.25, 0.3) is 22.4 Å². The van der Waals surface area contributed by atoms with Crippen molar-refractivity contribution in [2.45, 2.75) is 6.92 Å². The molecule has 90 valence electrons. The van der Waals surface area contributed by atoms with Crippen LogP contribution in [0.3, 0.4) is 0 Å². The van der Waals surface area contributed by atoms with Crippen LogP contribution in [0.15, 0.2) is 30.6 Å². The van der Waals surface area contributed by atoms with E-state index in [1.165, 1.54) is 0 Å². The van der Waals surface area contributed by atoms with Crippen LogP contribution in [0.4, 0.5) is 0 Å². The number of halogens is 1. The normalized spacial score (nSPS) is 11.1. The topological polar surface area (TPSA) is 43.6 Å². The molecule has 0 aliphatic heterocycles. The number of aryl methyl sites for hydroxylation is 2. The minimum Gasteiger partial charge on any atom is -0.326 e. The molecule has 0 unspecified atom stereocenters. The monoisotopic (exact) mass is 258 g/mol. The van der Waals surface area contributed by atoms with Gasteiger partial charge in [0.05, 0.1) is 17.2 Å². The molecule has 0 atom stereocenters. The Hall–Kier alpha value is -1.94. The van der Waals surface area contributed by atoms with Gasteiger partial charge >= 0.3 is 0 Å². The Labute approximate surface area is 109 Å². The third kappa shape index (κ3) is 1.66. The van der Waals surface area contributed by atoms with Crippen molar-refractivity contribution in [2.75, 3.05) is 0 Å². The molecule has 3 rings (SSSR count). The van der Waals surface area contributed by atoms with Gasteiger partial charge in [-0.1, -0.05) is 11.6 Å². The summed E-state index contributed by atoms with van der Waals surface area (Å²) in [6.07, 6.45) is 3.55. The Morgan fingerprint density at radius 3 is 2.72 bits per heavy atom. The molecule has 3 aromatic heterocycles. The fourth-order valence-electron chi connectivity index (χ4n) is 2.04. The van der Waals surface area contributed by atoms with Gasteiger partial charge in [-0.15, -0.1) is 0 Å². The highest BCUT2D eigenvalue weighted by Gasteiger charge is 2.12. The molecule has 0 radical (unpaired) electrons. The van der Waals surface area contributed by atoms with Gasteiger partial charge < -0.3 is 4.57 Å². The molecular formula is C13H11ClN4. The molecule has 0 saturated heterocycles. The number of hydrogen-bond donors (Lipinski definition) is 0. The lowest BCUT2D eigenvalue weighted by Gasteiger charge is -2.05. The quantitative estimate of drug-likeness (QED) is 0.630. The number of hydrogen-bond acceptors (Lipinski definition) is 3. The van der Waals surface area contributed by atoms with Crippen LogP contribution in [0.2, 0.25) is 5.15 Å². The Kier molecular flexibility index (Phi) is 2.52. The van der Waals surface area contributed by atoms with Crippen molar-refractivity contribution in [2.24, 2.45) is 7.05 Å². The zero-order valence-electron chi connectivity index (χ0n) is 10.1. The molecule has 0 saturated carbocycles. The highest BCUT2D eigenvalue weighted by molar-refractivity contribution is 6.29. The third-order valence-electron chi connectivity index (χ3n) is 2.98. The first kappa shape index (κ1) is 11.2. The molecule has 4 nitrogen and oxygen atoms in total. The SMILES string of the molecule is Cc1nc(Cl)ccc1-c1nc2ccncc2n1C. The molecule has 3 heterocycles. The van der Waals surface area contributed by atoms with E-state index in [9.17, 15) is 0 Å². The summed E-state index contributed by atoms with van der Waals surface area (Å²) in [5.41, 5.74) is 3.78. The van der Waals surface area contributed by atoms with E-state index < -0.39 is 0 Å². The molecule has 0 amide bonds. The average molecular weight is 259 g/mol. The summed E-state index contributed by atoms with van der Waals surface area (Å²) in [6, 6.07) is 5.62. The van der Waals surface area contributed by atoms with Crippen molar-refractivity contribution in [3.63, 3.8) is 0 Å². The van der Waals surface area contributed by atoms with E-state index in [1.807, 2.05) is 36.9 Å². The first-order valence-corrected chi connectivity index (χ1v) is 5.94. The zero-order chi connectivity index (χ0) is 12.7. The average Bonchev–Trinajstić information content (AvgIpc) is 2.68. The van der Waals surface area contributed by atoms with E-state index in [0.717, 1.165) is 28.1 Å². The molecule has 0 spiro atoms. The Morgan fingerprint density at radius 1 is 1.17 bits per heavy atom. The molecular weight excluding hydrogens is 248 g/mol. The van der Waals surface area contributed by atoms with Gasteiger partial charge in [0.25, 0.3) is 0 Å². The second-order valence-corrected chi connectivity index (χ2v) is 4.51. The van der Waals surface area contributed by atoms with E-state index in [1.54, 1.807) is 12.3 Å². The van der Waals surface area contributed by atoms with Crippen LogP contribution in [0.1, 0.15) is 5.69 Å². The van der Waals surface area contributed by atoms with Gasteiger partial charge in [0.1, 0.15) is 11.0 Å². The van der Waals surface area contributed by atoms with E-state index in [-0.39, 0.29) is 0 Å². The molecule has 0 bridgehead atoms. The standard InChI is InChI=1S/C13H11ClN4/c1-8-9(3-4-12(14)16-8)13-17-10-5-6-15-7-11(10)18(13)2/h3-7H,1-2H3. The lowest BCUT2D eigenvalue weighted by molar-refractivity contribution is 0.951. The summed E-state index contributed by atoms with van der Waals surface area (Å²) in [5, 5.41) is 0.497. The number of fused-ring (bicyclic) bond motifs is 1. The predicted octanol–water partition coefficient (Wildman–Crippen LogP) is 2.99. The molecule has 18 heavy (non-hydrogen) atoms. The largest absolute Gasteiger partial charge is 0.326 e. The summed E-state index contributed by atoms with van der Waals surface area (Å²) in [4.78, 5) is 13.0. The highest BCUT2D eigenvalue weighted by Crippen LogP contribution is 2.25. The van der Waals surface area contributed by atoms with E-state index in [4.69, 9.17) is 11.6 Å². The number of aromatic nitrogens is 4. The summed E-state index contributed by atoms with van der Waals surface area (Å²) in [5.74, 6) is 0.875. The lowest BCUT2D eigenvalue weighted by atomic mass is 10.2. The zero-order valence-corrected chi connectivity index (χ0v) is 10.8. The molecule has 0 fully saturated rings. The number of rotatable bonds is 1. The molecule has 0 aliphatic carbocycles. The van der Waals surface area contributed by atoms with Crippen LogP contribution >= 0.6 is 11.6 Å². The maximum Gasteiger partial charge on any atom is 0.142 e. The summed E-state index contributed by atoms with van der Waals surface area (Å²) < 4.78 is 2.01. The maximum atomic E-state index is 5.87. The van der Waals surface area contributed by atoms with Gasteiger partial charge in [-0.05, 0) is 25.1 Å². The van der Waals surface area contributed by atoms with Crippen molar-refractivity contribution in [3.8, 4) is 11.4 Å². The van der Waals surface area contributed by atoms with E-state index >= 15 is 0 Å². The Morgan fingerprint density at radius 2 is 2.00 bits per heavy atom. The fraction of sp³-hybridized carbons (Fsp3) is 0.154. The number of imidazole rings is 1. The molecule has 0 aromatic carbocycles. The summed E-state index contributed by atoms with van der Waals surface area (Å²) in [6.45, 7) is 1.93. The van der Waals surface area contributed by atoms with E-state index in [0.29, 0.717) is 5.15 Å². The van der Waals surface area contributed by atoms with Crippen molar-refractivity contribution in [1.29, 1.82) is 0 Å². The Balaban J connectivity index is 2.28. The fourth-order valence-corrected chi connectivity index (χ4v) is 2.23. The first-order valence-electron chi connectivity index (χ1n) is 5.57. The van der Waals surface area contributed by atoms with Gasteiger partial charge in [0, 0.05) is 24.5 Å². The van der Waals surface area contributed by atoms with Crippen molar-refractivity contribution in [1.82, 2.24) is 19.5 Å². The number of pyridine rings is 2. The van der Waals surface area contributed by atoms with Crippen molar-refractivity contribution in [3.05, 3.63) is 41.4 Å². The van der Waals surface area contributed by atoms with Crippen LogP contribution in [-0.4, -0.2) is 19.5 Å². The van der Waals surface area contributed by atoms with Crippen LogP contribution in [0, 0.1) is 6.92 Å².